The number of rotatable bonds is 5. The Balaban J connectivity index is 1.49. The number of fused-ring (bicyclic) bond motifs is 1. The van der Waals surface area contributed by atoms with Gasteiger partial charge in [0.05, 0.1) is 24.2 Å². The normalized spacial score (nSPS) is 17.1. The number of allylic oxidation sites excluding steroid dienone is 1. The summed E-state index contributed by atoms with van der Waals surface area (Å²) in [6.07, 6.45) is 2.34. The summed E-state index contributed by atoms with van der Waals surface area (Å²) in [5, 5.41) is 0. The van der Waals surface area contributed by atoms with Gasteiger partial charge in [-0.25, -0.2) is 14.4 Å². The van der Waals surface area contributed by atoms with Crippen LogP contribution >= 0.6 is 0 Å². The molecule has 0 radical (unpaired) electrons. The number of aliphatic imine (C=N–C) groups is 1. The zero-order valence-electron chi connectivity index (χ0n) is 17.1. The fraction of sp³-hybridized carbons (Fsp3) is 0.292. The molecule has 0 amide bonds. The molecular formula is C24H23FN4O2. The Kier molecular flexibility index (Phi) is 5.34. The number of imidazole rings is 1. The lowest BCUT2D eigenvalue weighted by atomic mass is 10.1. The van der Waals surface area contributed by atoms with Crippen LogP contribution in [0.2, 0.25) is 0 Å². The number of carbonyl (C=O) groups excluding carboxylic acids is 1. The van der Waals surface area contributed by atoms with E-state index in [4.69, 9.17) is 14.7 Å². The van der Waals surface area contributed by atoms with E-state index in [0.717, 1.165) is 41.2 Å². The molecule has 5 rings (SSSR count). The zero-order chi connectivity index (χ0) is 21.2. The number of aromatic nitrogens is 2. The Morgan fingerprint density at radius 3 is 2.68 bits per heavy atom. The third-order valence-electron chi connectivity index (χ3n) is 5.61. The molecule has 0 bridgehead atoms. The molecule has 158 valence electrons. The summed E-state index contributed by atoms with van der Waals surface area (Å²) in [5.74, 6) is 1.23. The summed E-state index contributed by atoms with van der Waals surface area (Å²) in [4.78, 5) is 24.0. The van der Waals surface area contributed by atoms with Crippen molar-refractivity contribution in [3.05, 3.63) is 77.6 Å². The van der Waals surface area contributed by atoms with Crippen LogP contribution in [0.4, 0.5) is 4.39 Å². The van der Waals surface area contributed by atoms with E-state index in [9.17, 15) is 9.18 Å². The molecule has 0 unspecified atom stereocenters. The predicted octanol–water partition coefficient (Wildman–Crippen LogP) is 3.35. The average Bonchev–Trinajstić information content (AvgIpc) is 3.11. The Bertz CT molecular complexity index is 1180. The minimum absolute atomic E-state index is 0.0447. The molecule has 1 aromatic heterocycles. The Labute approximate surface area is 179 Å². The molecule has 1 saturated heterocycles. The maximum Gasteiger partial charge on any atom is 0.164 e. The van der Waals surface area contributed by atoms with Crippen molar-refractivity contribution >= 4 is 22.5 Å². The van der Waals surface area contributed by atoms with E-state index in [0.29, 0.717) is 32.0 Å². The number of ketones is 1. The van der Waals surface area contributed by atoms with Crippen molar-refractivity contribution < 1.29 is 13.9 Å². The van der Waals surface area contributed by atoms with Crippen LogP contribution in [0.25, 0.3) is 11.0 Å². The molecule has 0 atom stereocenters. The van der Waals surface area contributed by atoms with Crippen LogP contribution in [0.5, 0.6) is 0 Å². The van der Waals surface area contributed by atoms with Crippen LogP contribution in [0, 0.1) is 5.82 Å². The number of nitrogens with zero attached hydrogens (tertiary/aromatic N) is 4. The van der Waals surface area contributed by atoms with Gasteiger partial charge >= 0.3 is 0 Å². The van der Waals surface area contributed by atoms with Gasteiger partial charge in [0.15, 0.2) is 5.78 Å². The van der Waals surface area contributed by atoms with Crippen molar-refractivity contribution in [1.82, 2.24) is 14.5 Å². The SMILES string of the molecule is O=C1C=C(N2CCOCC2)N=C(Cc2nc3ccc(F)cc3n2Cc2ccccc2)C1. The summed E-state index contributed by atoms with van der Waals surface area (Å²) in [6, 6.07) is 14.6. The van der Waals surface area contributed by atoms with Crippen molar-refractivity contribution in [2.45, 2.75) is 19.4 Å². The second-order valence-corrected chi connectivity index (χ2v) is 7.83. The van der Waals surface area contributed by atoms with Gasteiger partial charge < -0.3 is 14.2 Å². The van der Waals surface area contributed by atoms with Crippen molar-refractivity contribution in [2.75, 3.05) is 26.3 Å². The highest BCUT2D eigenvalue weighted by atomic mass is 19.1. The first-order chi connectivity index (χ1) is 15.2. The Morgan fingerprint density at radius 2 is 1.87 bits per heavy atom. The molecule has 1 fully saturated rings. The number of halogens is 1. The third kappa shape index (κ3) is 4.27. The van der Waals surface area contributed by atoms with Crippen LogP contribution in [-0.2, 0) is 22.5 Å². The van der Waals surface area contributed by atoms with Gasteiger partial charge in [-0.1, -0.05) is 30.3 Å². The van der Waals surface area contributed by atoms with Gasteiger partial charge in [0, 0.05) is 44.3 Å². The quantitative estimate of drug-likeness (QED) is 0.638. The minimum Gasteiger partial charge on any atom is -0.378 e. The average molecular weight is 418 g/mol. The minimum atomic E-state index is -0.295. The van der Waals surface area contributed by atoms with Crippen molar-refractivity contribution in [3.8, 4) is 0 Å². The highest BCUT2D eigenvalue weighted by molar-refractivity contribution is 6.09. The summed E-state index contributed by atoms with van der Waals surface area (Å²) < 4.78 is 21.4. The van der Waals surface area contributed by atoms with E-state index in [2.05, 4.69) is 4.90 Å². The lowest BCUT2D eigenvalue weighted by Crippen LogP contribution is -2.36. The lowest BCUT2D eigenvalue weighted by Gasteiger charge is -2.30. The molecule has 0 saturated carbocycles. The molecule has 3 heterocycles. The summed E-state index contributed by atoms with van der Waals surface area (Å²) in [7, 11) is 0. The van der Waals surface area contributed by atoms with Crippen LogP contribution < -0.4 is 0 Å². The maximum atomic E-state index is 14.0. The first-order valence-corrected chi connectivity index (χ1v) is 10.5. The van der Waals surface area contributed by atoms with Gasteiger partial charge in [-0.2, -0.15) is 0 Å². The van der Waals surface area contributed by atoms with Crippen molar-refractivity contribution in [3.63, 3.8) is 0 Å². The van der Waals surface area contributed by atoms with Crippen LogP contribution in [-0.4, -0.2) is 52.2 Å². The molecule has 0 spiro atoms. The number of hydrogen-bond donors (Lipinski definition) is 0. The van der Waals surface area contributed by atoms with Gasteiger partial charge in [-0.15, -0.1) is 0 Å². The second kappa shape index (κ2) is 8.43. The molecule has 2 aliphatic rings. The fourth-order valence-corrected chi connectivity index (χ4v) is 4.09. The van der Waals surface area contributed by atoms with E-state index >= 15 is 0 Å². The maximum absolute atomic E-state index is 14.0. The van der Waals surface area contributed by atoms with Crippen molar-refractivity contribution in [2.24, 2.45) is 4.99 Å². The van der Waals surface area contributed by atoms with Gasteiger partial charge in [0.1, 0.15) is 17.5 Å². The zero-order valence-corrected chi connectivity index (χ0v) is 17.1. The smallest absolute Gasteiger partial charge is 0.164 e. The summed E-state index contributed by atoms with van der Waals surface area (Å²) in [6.45, 7) is 3.29. The summed E-state index contributed by atoms with van der Waals surface area (Å²) in [5.41, 5.74) is 3.35. The molecule has 6 nitrogen and oxygen atoms in total. The van der Waals surface area contributed by atoms with Gasteiger partial charge in [-0.3, -0.25) is 4.79 Å². The molecule has 2 aliphatic heterocycles. The van der Waals surface area contributed by atoms with E-state index in [1.165, 1.54) is 12.1 Å². The molecule has 7 heteroatoms. The van der Waals surface area contributed by atoms with E-state index in [1.807, 2.05) is 34.9 Å². The lowest BCUT2D eigenvalue weighted by molar-refractivity contribution is -0.113. The first kappa shape index (κ1) is 19.6. The molecule has 0 aliphatic carbocycles. The number of morpholine rings is 1. The highest BCUT2D eigenvalue weighted by Crippen LogP contribution is 2.22. The van der Waals surface area contributed by atoms with Crippen LogP contribution in [0.15, 0.2) is 65.4 Å². The third-order valence-corrected chi connectivity index (χ3v) is 5.61. The predicted molar refractivity (Wildman–Crippen MR) is 116 cm³/mol. The number of benzene rings is 2. The molecule has 0 N–H and O–H groups in total. The number of hydrogen-bond acceptors (Lipinski definition) is 5. The fourth-order valence-electron chi connectivity index (χ4n) is 4.09. The van der Waals surface area contributed by atoms with E-state index in [1.54, 1.807) is 12.1 Å². The standard InChI is InChI=1S/C24H23FN4O2/c25-18-6-7-21-22(12-18)29(16-17-4-2-1-3-5-17)24(27-21)14-19-13-20(30)15-23(26-19)28-8-10-31-11-9-28/h1-7,12,15H,8-11,13-14,16H2. The van der Waals surface area contributed by atoms with Crippen LogP contribution in [0.3, 0.4) is 0 Å². The largest absolute Gasteiger partial charge is 0.378 e. The second-order valence-electron chi connectivity index (χ2n) is 7.83. The Morgan fingerprint density at radius 1 is 1.06 bits per heavy atom. The molecule has 2 aromatic carbocycles. The Hall–Kier alpha value is -3.32. The van der Waals surface area contributed by atoms with Gasteiger partial charge in [0.25, 0.3) is 0 Å². The molecular weight excluding hydrogens is 395 g/mol. The molecule has 3 aromatic rings. The van der Waals surface area contributed by atoms with Crippen molar-refractivity contribution in [1.29, 1.82) is 0 Å². The highest BCUT2D eigenvalue weighted by Gasteiger charge is 2.22. The number of carbonyl (C=O) groups is 1. The van der Waals surface area contributed by atoms with E-state index < -0.39 is 0 Å². The molecule has 31 heavy (non-hydrogen) atoms. The topological polar surface area (TPSA) is 59.7 Å². The number of ether oxygens (including phenoxy) is 1. The van der Waals surface area contributed by atoms with Crippen LogP contribution in [0.1, 0.15) is 17.8 Å². The monoisotopic (exact) mass is 418 g/mol. The summed E-state index contributed by atoms with van der Waals surface area (Å²) >= 11 is 0. The van der Waals surface area contributed by atoms with Gasteiger partial charge in [-0.05, 0) is 23.8 Å². The van der Waals surface area contributed by atoms with Gasteiger partial charge in [0.2, 0.25) is 0 Å². The first-order valence-electron chi connectivity index (χ1n) is 10.5. The van der Waals surface area contributed by atoms with E-state index in [-0.39, 0.29) is 18.0 Å².